The molecule has 0 fully saturated rings. The summed E-state index contributed by atoms with van der Waals surface area (Å²) in [5.74, 6) is -2.63. The maximum atomic E-state index is 13.6. The van der Waals surface area contributed by atoms with Crippen LogP contribution in [0.1, 0.15) is 35.7 Å². The van der Waals surface area contributed by atoms with Crippen LogP contribution in [0.4, 0.5) is 13.2 Å². The summed E-state index contributed by atoms with van der Waals surface area (Å²) in [5.41, 5.74) is 0.0848. The van der Waals surface area contributed by atoms with Crippen LogP contribution < -0.4 is 4.74 Å². The van der Waals surface area contributed by atoms with Crippen molar-refractivity contribution in [3.8, 4) is 5.75 Å². The number of benzene rings is 2. The lowest BCUT2D eigenvalue weighted by atomic mass is 10.0. The molecule has 0 unspecified atom stereocenters. The third-order valence-electron chi connectivity index (χ3n) is 3.34. The van der Waals surface area contributed by atoms with Gasteiger partial charge in [-0.25, -0.2) is 13.2 Å². The minimum absolute atomic E-state index is 0.0150. The number of ether oxygens (including phenoxy) is 1. The molecule has 0 spiro atoms. The Kier molecular flexibility index (Phi) is 5.73. The lowest BCUT2D eigenvalue weighted by Gasteiger charge is -2.11. The molecule has 0 atom stereocenters. The van der Waals surface area contributed by atoms with E-state index in [2.05, 4.69) is 0 Å². The summed E-state index contributed by atoms with van der Waals surface area (Å²) in [6.45, 7) is 1.11. The molecular formula is C18H15F3O3. The zero-order valence-electron chi connectivity index (χ0n) is 12.9. The van der Waals surface area contributed by atoms with Crippen molar-refractivity contribution in [1.82, 2.24) is 0 Å². The Morgan fingerprint density at radius 2 is 1.62 bits per heavy atom. The minimum Gasteiger partial charge on any atom is -0.488 e. The zero-order valence-corrected chi connectivity index (χ0v) is 12.9. The lowest BCUT2D eigenvalue weighted by Crippen LogP contribution is -2.07. The fraction of sp³-hybridized carbons (Fsp3) is 0.222. The monoisotopic (exact) mass is 336 g/mol. The summed E-state index contributed by atoms with van der Waals surface area (Å²) >= 11 is 0. The summed E-state index contributed by atoms with van der Waals surface area (Å²) in [6.07, 6.45) is -0.0264. The Morgan fingerprint density at radius 1 is 0.958 bits per heavy atom. The number of Topliss-reactive ketones (excluding diaryl/α,β-unsaturated/α-hetero) is 2. The van der Waals surface area contributed by atoms with Crippen LogP contribution in [-0.4, -0.2) is 11.6 Å². The normalized spacial score (nSPS) is 10.5. The summed E-state index contributed by atoms with van der Waals surface area (Å²) < 4.78 is 45.3. The fourth-order valence-electron chi connectivity index (χ4n) is 2.06. The van der Waals surface area contributed by atoms with Gasteiger partial charge in [-0.15, -0.1) is 0 Å². The van der Waals surface area contributed by atoms with Crippen LogP contribution in [-0.2, 0) is 11.4 Å². The van der Waals surface area contributed by atoms with Gasteiger partial charge in [0.25, 0.3) is 0 Å². The molecule has 0 aliphatic rings. The van der Waals surface area contributed by atoms with Gasteiger partial charge < -0.3 is 9.53 Å². The van der Waals surface area contributed by atoms with Gasteiger partial charge in [0.1, 0.15) is 35.6 Å². The van der Waals surface area contributed by atoms with Crippen LogP contribution in [0.5, 0.6) is 5.75 Å². The van der Waals surface area contributed by atoms with Gasteiger partial charge in [-0.05, 0) is 37.3 Å². The van der Waals surface area contributed by atoms with Crippen molar-refractivity contribution in [2.24, 2.45) is 0 Å². The molecule has 2 aromatic carbocycles. The van der Waals surface area contributed by atoms with Gasteiger partial charge in [0, 0.05) is 24.5 Å². The quantitative estimate of drug-likeness (QED) is 0.711. The van der Waals surface area contributed by atoms with Crippen LogP contribution >= 0.6 is 0 Å². The van der Waals surface area contributed by atoms with E-state index in [0.29, 0.717) is 0 Å². The first kappa shape index (κ1) is 17.7. The van der Waals surface area contributed by atoms with Crippen molar-refractivity contribution in [1.29, 1.82) is 0 Å². The molecule has 0 bridgehead atoms. The Bertz CT molecular complexity index is 772. The number of rotatable bonds is 7. The molecule has 2 rings (SSSR count). The first-order chi connectivity index (χ1) is 11.4. The summed E-state index contributed by atoms with van der Waals surface area (Å²) in [4.78, 5) is 23.1. The van der Waals surface area contributed by atoms with Gasteiger partial charge in [-0.2, -0.15) is 0 Å². The molecule has 0 saturated heterocycles. The highest BCUT2D eigenvalue weighted by Gasteiger charge is 2.15. The van der Waals surface area contributed by atoms with Crippen molar-refractivity contribution >= 4 is 11.6 Å². The van der Waals surface area contributed by atoms with Crippen molar-refractivity contribution in [2.75, 3.05) is 0 Å². The summed E-state index contributed by atoms with van der Waals surface area (Å²) in [6, 6.07) is 6.42. The molecule has 0 N–H and O–H groups in total. The first-order valence-corrected chi connectivity index (χ1v) is 7.25. The molecule has 126 valence electrons. The van der Waals surface area contributed by atoms with Crippen LogP contribution in [0.3, 0.4) is 0 Å². The third-order valence-corrected chi connectivity index (χ3v) is 3.34. The molecule has 0 heterocycles. The molecule has 2 aromatic rings. The number of carbonyl (C=O) groups is 2. The van der Waals surface area contributed by atoms with E-state index in [1.807, 2.05) is 0 Å². The Balaban J connectivity index is 2.17. The average Bonchev–Trinajstić information content (AvgIpc) is 2.52. The van der Waals surface area contributed by atoms with Crippen molar-refractivity contribution in [3.05, 3.63) is 65.0 Å². The second-order valence-electron chi connectivity index (χ2n) is 5.29. The molecule has 0 radical (unpaired) electrons. The molecule has 0 amide bonds. The van der Waals surface area contributed by atoms with Crippen LogP contribution in [0.25, 0.3) is 0 Å². The van der Waals surface area contributed by atoms with Gasteiger partial charge in [-0.3, -0.25) is 4.79 Å². The van der Waals surface area contributed by atoms with E-state index in [0.717, 1.165) is 24.3 Å². The van der Waals surface area contributed by atoms with Gasteiger partial charge >= 0.3 is 0 Å². The highest BCUT2D eigenvalue weighted by molar-refractivity contribution is 6.00. The Hall–Kier alpha value is -2.63. The first-order valence-electron chi connectivity index (χ1n) is 7.25. The van der Waals surface area contributed by atoms with Crippen molar-refractivity contribution < 1.29 is 27.5 Å². The van der Waals surface area contributed by atoms with Crippen molar-refractivity contribution in [2.45, 2.75) is 26.4 Å². The van der Waals surface area contributed by atoms with Gasteiger partial charge in [-0.1, -0.05) is 0 Å². The number of halogens is 3. The highest BCUT2D eigenvalue weighted by atomic mass is 19.1. The van der Waals surface area contributed by atoms with E-state index in [4.69, 9.17) is 4.74 Å². The molecule has 0 aliphatic carbocycles. The van der Waals surface area contributed by atoms with Gasteiger partial charge in [0.2, 0.25) is 0 Å². The maximum absolute atomic E-state index is 13.6. The predicted molar refractivity (Wildman–Crippen MR) is 81.3 cm³/mol. The lowest BCUT2D eigenvalue weighted by molar-refractivity contribution is -0.116. The standard InChI is InChI=1S/C18H15F3O3/c1-11(22)2-6-17(23)15-8-13(19)5-7-18(15)24-10-12-3-4-14(20)9-16(12)21/h3-5,7-9H,2,6,10H2,1H3. The second-order valence-corrected chi connectivity index (χ2v) is 5.29. The number of carbonyl (C=O) groups excluding carboxylic acids is 2. The molecular weight excluding hydrogens is 321 g/mol. The zero-order chi connectivity index (χ0) is 17.7. The highest BCUT2D eigenvalue weighted by Crippen LogP contribution is 2.23. The topological polar surface area (TPSA) is 43.4 Å². The largest absolute Gasteiger partial charge is 0.488 e. The van der Waals surface area contributed by atoms with E-state index >= 15 is 0 Å². The molecule has 3 nitrogen and oxygen atoms in total. The second kappa shape index (κ2) is 7.77. The molecule has 0 aromatic heterocycles. The number of ketones is 2. The SMILES string of the molecule is CC(=O)CCC(=O)c1cc(F)ccc1OCc1ccc(F)cc1F. The Morgan fingerprint density at radius 3 is 2.29 bits per heavy atom. The van der Waals surface area contributed by atoms with E-state index < -0.39 is 23.2 Å². The van der Waals surface area contributed by atoms with E-state index in [9.17, 15) is 22.8 Å². The molecule has 6 heteroatoms. The van der Waals surface area contributed by atoms with Crippen LogP contribution in [0, 0.1) is 17.5 Å². The third kappa shape index (κ3) is 4.68. The van der Waals surface area contributed by atoms with Gasteiger partial charge in [0.05, 0.1) is 5.56 Å². The van der Waals surface area contributed by atoms with Crippen LogP contribution in [0.15, 0.2) is 36.4 Å². The summed E-state index contributed by atoms with van der Waals surface area (Å²) in [7, 11) is 0. The predicted octanol–water partition coefficient (Wildman–Crippen LogP) is 4.23. The van der Waals surface area contributed by atoms with Crippen molar-refractivity contribution in [3.63, 3.8) is 0 Å². The minimum atomic E-state index is -0.776. The van der Waals surface area contributed by atoms with Gasteiger partial charge in [0.15, 0.2) is 5.78 Å². The van der Waals surface area contributed by atoms with Crippen LogP contribution in [0.2, 0.25) is 0 Å². The Labute approximate surface area is 137 Å². The van der Waals surface area contributed by atoms with E-state index in [1.165, 1.54) is 19.1 Å². The fourth-order valence-corrected chi connectivity index (χ4v) is 2.06. The number of hydrogen-bond acceptors (Lipinski definition) is 3. The maximum Gasteiger partial charge on any atom is 0.167 e. The van der Waals surface area contributed by atoms with E-state index in [1.54, 1.807) is 0 Å². The molecule has 0 saturated carbocycles. The smallest absolute Gasteiger partial charge is 0.167 e. The van der Waals surface area contributed by atoms with E-state index in [-0.39, 0.29) is 42.1 Å². The number of hydrogen-bond donors (Lipinski definition) is 0. The average molecular weight is 336 g/mol. The summed E-state index contributed by atoms with van der Waals surface area (Å²) in [5, 5.41) is 0. The molecule has 24 heavy (non-hydrogen) atoms. The molecule has 0 aliphatic heterocycles.